The van der Waals surface area contributed by atoms with Gasteiger partial charge in [0.2, 0.25) is 0 Å². The zero-order valence-electron chi connectivity index (χ0n) is 12.6. The first-order valence-corrected chi connectivity index (χ1v) is 7.47. The van der Waals surface area contributed by atoms with Crippen LogP contribution < -0.4 is 0 Å². The highest BCUT2D eigenvalue weighted by Crippen LogP contribution is 2.38. The third kappa shape index (κ3) is 2.53. The third-order valence-electron chi connectivity index (χ3n) is 3.32. The largest absolute Gasteiger partial charge is 0.304 e. The molecule has 0 aliphatic heterocycles. The number of fused-ring (bicyclic) bond motifs is 1. The lowest BCUT2D eigenvalue weighted by Crippen LogP contribution is -2.13. The van der Waals surface area contributed by atoms with Gasteiger partial charge in [-0.2, -0.15) is 5.26 Å². The fourth-order valence-electron chi connectivity index (χ4n) is 2.18. The molecule has 0 saturated carbocycles. The van der Waals surface area contributed by atoms with Crippen LogP contribution in [0.3, 0.4) is 0 Å². The molecule has 0 atom stereocenters. The lowest BCUT2D eigenvalue weighted by molar-refractivity contribution is 0.587. The minimum atomic E-state index is 0.0818. The standard InChI is InChI=1S/C16H21N2P/c1-15(2,3)11-7-8-18-12(9-11)14(16(4,5)6)19-13(18)10-17/h7-9H,1-6H3. The molecule has 0 aliphatic carbocycles. The van der Waals surface area contributed by atoms with E-state index in [9.17, 15) is 5.26 Å². The molecule has 100 valence electrons. The molecule has 0 amide bonds. The van der Waals surface area contributed by atoms with E-state index in [0.29, 0.717) is 0 Å². The smallest absolute Gasteiger partial charge is 0.152 e. The minimum absolute atomic E-state index is 0.0818. The summed E-state index contributed by atoms with van der Waals surface area (Å²) in [5.74, 6) is 0. The Hall–Kier alpha value is -1.32. The Bertz CT molecular complexity index is 661. The number of nitriles is 1. The van der Waals surface area contributed by atoms with Gasteiger partial charge in [0.1, 0.15) is 6.07 Å². The van der Waals surface area contributed by atoms with Crippen molar-refractivity contribution in [2.75, 3.05) is 0 Å². The Balaban J connectivity index is 2.81. The molecule has 0 unspecified atom stereocenters. The van der Waals surface area contributed by atoms with E-state index in [2.05, 4.69) is 59.7 Å². The van der Waals surface area contributed by atoms with Crippen LogP contribution in [0.25, 0.3) is 5.52 Å². The molecule has 0 fully saturated rings. The molecule has 19 heavy (non-hydrogen) atoms. The van der Waals surface area contributed by atoms with Crippen molar-refractivity contribution in [2.45, 2.75) is 52.4 Å². The highest BCUT2D eigenvalue weighted by Gasteiger charge is 2.23. The van der Waals surface area contributed by atoms with Gasteiger partial charge in [0, 0.05) is 11.5 Å². The quantitative estimate of drug-likeness (QED) is 0.664. The van der Waals surface area contributed by atoms with Crippen LogP contribution in [-0.4, -0.2) is 4.40 Å². The molecule has 0 radical (unpaired) electrons. The van der Waals surface area contributed by atoms with Crippen molar-refractivity contribution < 1.29 is 0 Å². The number of hydrogen-bond acceptors (Lipinski definition) is 1. The van der Waals surface area contributed by atoms with E-state index in [1.54, 1.807) is 0 Å². The third-order valence-corrected chi connectivity index (χ3v) is 4.97. The molecule has 0 bridgehead atoms. The average molecular weight is 272 g/mol. The second-order valence-electron chi connectivity index (χ2n) is 7.07. The molecule has 0 spiro atoms. The molecule has 2 rings (SSSR count). The van der Waals surface area contributed by atoms with Crippen LogP contribution >= 0.6 is 8.19 Å². The first-order valence-electron chi connectivity index (χ1n) is 6.58. The number of aromatic nitrogens is 1. The maximum absolute atomic E-state index is 9.30. The van der Waals surface area contributed by atoms with Gasteiger partial charge in [-0.1, -0.05) is 41.5 Å². The van der Waals surface area contributed by atoms with E-state index in [-0.39, 0.29) is 10.8 Å². The second kappa shape index (κ2) is 4.36. The molecule has 3 heteroatoms. The van der Waals surface area contributed by atoms with Gasteiger partial charge in [-0.25, -0.2) is 0 Å². The molecule has 2 aromatic rings. The molecule has 2 aromatic heterocycles. The Morgan fingerprint density at radius 2 is 1.74 bits per heavy atom. The van der Waals surface area contributed by atoms with E-state index in [1.807, 2.05) is 10.6 Å². The van der Waals surface area contributed by atoms with Crippen molar-refractivity contribution in [3.63, 3.8) is 0 Å². The lowest BCUT2D eigenvalue weighted by Gasteiger charge is -2.21. The van der Waals surface area contributed by atoms with Crippen molar-refractivity contribution in [1.82, 2.24) is 4.40 Å². The lowest BCUT2D eigenvalue weighted by atomic mass is 9.86. The summed E-state index contributed by atoms with van der Waals surface area (Å²) < 4.78 is 2.04. The van der Waals surface area contributed by atoms with Gasteiger partial charge in [-0.3, -0.25) is 0 Å². The maximum atomic E-state index is 9.30. The SMILES string of the molecule is CC(C)(C)c1ccn2c(C#N)pc(C(C)(C)C)c2c1. The van der Waals surface area contributed by atoms with Crippen molar-refractivity contribution >= 4 is 13.7 Å². The van der Waals surface area contributed by atoms with Crippen molar-refractivity contribution in [2.24, 2.45) is 0 Å². The van der Waals surface area contributed by atoms with E-state index in [1.165, 1.54) is 16.4 Å². The molecular formula is C16H21N2P. The van der Waals surface area contributed by atoms with Crippen LogP contribution in [0.5, 0.6) is 0 Å². The number of hydrogen-bond donors (Lipinski definition) is 0. The van der Waals surface area contributed by atoms with Crippen molar-refractivity contribution in [1.29, 1.82) is 5.26 Å². The van der Waals surface area contributed by atoms with Crippen LogP contribution in [0.15, 0.2) is 18.3 Å². The minimum Gasteiger partial charge on any atom is -0.304 e. The summed E-state index contributed by atoms with van der Waals surface area (Å²) in [5, 5.41) is 10.6. The van der Waals surface area contributed by atoms with Crippen LogP contribution in [0.4, 0.5) is 0 Å². The van der Waals surface area contributed by atoms with Gasteiger partial charge in [0.25, 0.3) is 0 Å². The number of nitrogens with zero attached hydrogens (tertiary/aromatic N) is 2. The van der Waals surface area contributed by atoms with Crippen molar-refractivity contribution in [3.05, 3.63) is 34.6 Å². The summed E-state index contributed by atoms with van der Waals surface area (Å²) in [6, 6.07) is 6.70. The average Bonchev–Trinajstić information content (AvgIpc) is 2.65. The van der Waals surface area contributed by atoms with E-state index >= 15 is 0 Å². The predicted octanol–water partition coefficient (Wildman–Crippen LogP) is 4.99. The summed E-state index contributed by atoms with van der Waals surface area (Å²) in [4.78, 5) is 0. The molecule has 0 aliphatic rings. The van der Waals surface area contributed by atoms with Crippen LogP contribution in [0.1, 0.15) is 57.8 Å². The molecular weight excluding hydrogens is 251 g/mol. The first-order chi connectivity index (χ1) is 8.64. The Morgan fingerprint density at radius 1 is 1.11 bits per heavy atom. The van der Waals surface area contributed by atoms with E-state index < -0.39 is 0 Å². The van der Waals surface area contributed by atoms with Gasteiger partial charge in [0.15, 0.2) is 5.43 Å². The second-order valence-corrected chi connectivity index (χ2v) is 8.16. The highest BCUT2D eigenvalue weighted by atomic mass is 31.0. The van der Waals surface area contributed by atoms with Gasteiger partial charge >= 0.3 is 0 Å². The van der Waals surface area contributed by atoms with Crippen LogP contribution in [0, 0.1) is 11.3 Å². The topological polar surface area (TPSA) is 28.2 Å². The van der Waals surface area contributed by atoms with Gasteiger partial charge < -0.3 is 4.40 Å². The molecule has 0 N–H and O–H groups in total. The summed E-state index contributed by atoms with van der Waals surface area (Å²) >= 11 is 0. The summed E-state index contributed by atoms with van der Waals surface area (Å²) in [6.07, 6.45) is 2.04. The molecule has 0 saturated heterocycles. The normalized spacial score (nSPS) is 13.1. The zero-order valence-corrected chi connectivity index (χ0v) is 13.5. The highest BCUT2D eigenvalue weighted by molar-refractivity contribution is 7.32. The molecule has 2 heterocycles. The Kier molecular flexibility index (Phi) is 3.23. The van der Waals surface area contributed by atoms with Crippen LogP contribution in [0.2, 0.25) is 0 Å². The monoisotopic (exact) mass is 272 g/mol. The van der Waals surface area contributed by atoms with E-state index in [0.717, 1.165) is 13.6 Å². The van der Waals surface area contributed by atoms with Gasteiger partial charge in [0.05, 0.1) is 5.52 Å². The first kappa shape index (κ1) is 14.1. The fraction of sp³-hybridized carbons (Fsp3) is 0.500. The van der Waals surface area contributed by atoms with Crippen molar-refractivity contribution in [3.8, 4) is 6.07 Å². The summed E-state index contributed by atoms with van der Waals surface area (Å²) in [7, 11) is 1.05. The molecule has 2 nitrogen and oxygen atoms in total. The fourth-order valence-corrected chi connectivity index (χ4v) is 3.35. The summed E-state index contributed by atoms with van der Waals surface area (Å²) in [6.45, 7) is 13.3. The van der Waals surface area contributed by atoms with Gasteiger partial charge in [-0.05, 0) is 36.7 Å². The number of pyridine rings is 1. The Labute approximate surface area is 117 Å². The predicted molar refractivity (Wildman–Crippen MR) is 82.0 cm³/mol. The number of rotatable bonds is 0. The van der Waals surface area contributed by atoms with Gasteiger partial charge in [-0.15, -0.1) is 0 Å². The Morgan fingerprint density at radius 3 is 2.21 bits per heavy atom. The maximum Gasteiger partial charge on any atom is 0.152 e. The molecule has 0 aromatic carbocycles. The van der Waals surface area contributed by atoms with Crippen LogP contribution in [-0.2, 0) is 10.8 Å². The zero-order chi connectivity index (χ0) is 14.4. The van der Waals surface area contributed by atoms with E-state index in [4.69, 9.17) is 0 Å². The summed E-state index contributed by atoms with van der Waals surface area (Å²) in [5.41, 5.74) is 3.52.